The topological polar surface area (TPSA) is 82.2 Å². The molecule has 120 valence electrons. The summed E-state index contributed by atoms with van der Waals surface area (Å²) in [6, 6.07) is 5.52. The lowest BCUT2D eigenvalue weighted by Gasteiger charge is -2.14. The molecule has 22 heavy (non-hydrogen) atoms. The van der Waals surface area contributed by atoms with Gasteiger partial charge in [-0.25, -0.2) is 4.98 Å². The van der Waals surface area contributed by atoms with Crippen molar-refractivity contribution in [3.05, 3.63) is 24.0 Å². The standard InChI is InChI=1S/C16H24N4O2/c1-5-10(2)18-15(21)9-20-14-7-6-12(22-4)8-13(14)19-16(20)11(3)17/h6-8,10-11H,5,9,17H2,1-4H3,(H,18,21). The Labute approximate surface area is 130 Å². The van der Waals surface area contributed by atoms with Gasteiger partial charge in [0.05, 0.1) is 24.2 Å². The molecule has 2 atom stereocenters. The summed E-state index contributed by atoms with van der Waals surface area (Å²) >= 11 is 0. The maximum atomic E-state index is 12.2. The number of benzene rings is 1. The maximum Gasteiger partial charge on any atom is 0.240 e. The Hall–Kier alpha value is -2.08. The van der Waals surface area contributed by atoms with Crippen LogP contribution in [0.1, 0.15) is 39.1 Å². The third kappa shape index (κ3) is 3.39. The van der Waals surface area contributed by atoms with Gasteiger partial charge in [0, 0.05) is 12.1 Å². The van der Waals surface area contributed by atoms with Crippen LogP contribution in [0.15, 0.2) is 18.2 Å². The van der Waals surface area contributed by atoms with Crippen LogP contribution in [0.25, 0.3) is 11.0 Å². The van der Waals surface area contributed by atoms with Crippen LogP contribution in [0.4, 0.5) is 0 Å². The minimum Gasteiger partial charge on any atom is -0.497 e. The van der Waals surface area contributed by atoms with Gasteiger partial charge in [0.2, 0.25) is 5.91 Å². The number of amides is 1. The highest BCUT2D eigenvalue weighted by Crippen LogP contribution is 2.24. The maximum absolute atomic E-state index is 12.2. The normalized spacial score (nSPS) is 13.9. The molecule has 1 aromatic heterocycles. The van der Waals surface area contributed by atoms with Crippen molar-refractivity contribution in [1.29, 1.82) is 0 Å². The van der Waals surface area contributed by atoms with Crippen molar-refractivity contribution in [3.8, 4) is 5.75 Å². The fraction of sp³-hybridized carbons (Fsp3) is 0.500. The van der Waals surface area contributed by atoms with Crippen molar-refractivity contribution in [3.63, 3.8) is 0 Å². The number of hydrogen-bond acceptors (Lipinski definition) is 4. The first-order valence-electron chi connectivity index (χ1n) is 7.55. The Bertz CT molecular complexity index is 663. The van der Waals surface area contributed by atoms with E-state index in [1.165, 1.54) is 0 Å². The smallest absolute Gasteiger partial charge is 0.240 e. The number of aromatic nitrogens is 2. The lowest BCUT2D eigenvalue weighted by Crippen LogP contribution is -2.35. The molecule has 6 heteroatoms. The zero-order valence-corrected chi connectivity index (χ0v) is 13.6. The molecule has 0 saturated heterocycles. The van der Waals surface area contributed by atoms with Crippen LogP contribution in [0, 0.1) is 0 Å². The number of fused-ring (bicyclic) bond motifs is 1. The number of methoxy groups -OCH3 is 1. The van der Waals surface area contributed by atoms with Crippen molar-refractivity contribution < 1.29 is 9.53 Å². The molecule has 1 aromatic carbocycles. The van der Waals surface area contributed by atoms with E-state index in [1.54, 1.807) is 7.11 Å². The van der Waals surface area contributed by atoms with Crippen molar-refractivity contribution in [2.24, 2.45) is 5.73 Å². The van der Waals surface area contributed by atoms with Crippen molar-refractivity contribution in [2.75, 3.05) is 7.11 Å². The number of nitrogens with two attached hydrogens (primary N) is 1. The van der Waals surface area contributed by atoms with Gasteiger partial charge in [-0.1, -0.05) is 6.92 Å². The van der Waals surface area contributed by atoms with Gasteiger partial charge in [-0.15, -0.1) is 0 Å². The second kappa shape index (κ2) is 6.79. The van der Waals surface area contributed by atoms with E-state index in [0.717, 1.165) is 23.2 Å². The molecule has 2 rings (SSSR count). The molecule has 1 amide bonds. The summed E-state index contributed by atoms with van der Waals surface area (Å²) < 4.78 is 7.09. The van der Waals surface area contributed by atoms with Crippen LogP contribution in [-0.4, -0.2) is 28.6 Å². The number of hydrogen-bond donors (Lipinski definition) is 2. The molecular weight excluding hydrogens is 280 g/mol. The van der Waals surface area contributed by atoms with Crippen LogP contribution in [0.2, 0.25) is 0 Å². The van der Waals surface area contributed by atoms with Gasteiger partial charge in [-0.05, 0) is 32.4 Å². The van der Waals surface area contributed by atoms with Gasteiger partial charge in [-0.2, -0.15) is 0 Å². The molecule has 0 radical (unpaired) electrons. The Morgan fingerprint density at radius 1 is 1.45 bits per heavy atom. The highest BCUT2D eigenvalue weighted by molar-refractivity contribution is 5.82. The van der Waals surface area contributed by atoms with Crippen LogP contribution in [0.5, 0.6) is 5.75 Å². The number of carbonyl (C=O) groups is 1. The number of carbonyl (C=O) groups excluding carboxylic acids is 1. The molecule has 0 saturated carbocycles. The molecule has 3 N–H and O–H groups in total. The first-order valence-corrected chi connectivity index (χ1v) is 7.55. The van der Waals surface area contributed by atoms with E-state index in [9.17, 15) is 4.79 Å². The van der Waals surface area contributed by atoms with Gasteiger partial charge < -0.3 is 20.4 Å². The van der Waals surface area contributed by atoms with Crippen molar-refractivity contribution in [1.82, 2.24) is 14.9 Å². The highest BCUT2D eigenvalue weighted by Gasteiger charge is 2.17. The third-order valence-electron chi connectivity index (χ3n) is 3.71. The highest BCUT2D eigenvalue weighted by atomic mass is 16.5. The van der Waals surface area contributed by atoms with E-state index in [0.29, 0.717) is 5.82 Å². The van der Waals surface area contributed by atoms with E-state index in [-0.39, 0.29) is 24.5 Å². The predicted octanol–water partition coefficient (Wildman–Crippen LogP) is 1.98. The van der Waals surface area contributed by atoms with E-state index in [2.05, 4.69) is 10.3 Å². The van der Waals surface area contributed by atoms with Gasteiger partial charge >= 0.3 is 0 Å². The van der Waals surface area contributed by atoms with Crippen LogP contribution in [-0.2, 0) is 11.3 Å². The van der Waals surface area contributed by atoms with Gasteiger partial charge in [-0.3, -0.25) is 4.79 Å². The fourth-order valence-corrected chi connectivity index (χ4v) is 2.34. The number of nitrogens with one attached hydrogen (secondary N) is 1. The second-order valence-electron chi connectivity index (χ2n) is 5.58. The fourth-order valence-electron chi connectivity index (χ4n) is 2.34. The molecule has 0 bridgehead atoms. The number of rotatable bonds is 6. The summed E-state index contributed by atoms with van der Waals surface area (Å²) in [5.41, 5.74) is 7.67. The average molecular weight is 304 g/mol. The van der Waals surface area contributed by atoms with Crippen LogP contribution < -0.4 is 15.8 Å². The van der Waals surface area contributed by atoms with Crippen molar-refractivity contribution >= 4 is 16.9 Å². The first kappa shape index (κ1) is 16.3. The molecule has 2 aromatic rings. The number of ether oxygens (including phenoxy) is 1. The van der Waals surface area contributed by atoms with E-state index in [4.69, 9.17) is 10.5 Å². The van der Waals surface area contributed by atoms with E-state index >= 15 is 0 Å². The van der Waals surface area contributed by atoms with Crippen LogP contribution >= 0.6 is 0 Å². The summed E-state index contributed by atoms with van der Waals surface area (Å²) in [5, 5.41) is 2.97. The number of nitrogens with zero attached hydrogens (tertiary/aromatic N) is 2. The summed E-state index contributed by atoms with van der Waals surface area (Å²) in [6.07, 6.45) is 0.897. The van der Waals surface area contributed by atoms with Gasteiger partial charge in [0.15, 0.2) is 0 Å². The average Bonchev–Trinajstić information content (AvgIpc) is 2.84. The lowest BCUT2D eigenvalue weighted by atomic mass is 10.2. The minimum atomic E-state index is -0.255. The van der Waals surface area contributed by atoms with E-state index < -0.39 is 0 Å². The predicted molar refractivity (Wildman–Crippen MR) is 86.8 cm³/mol. The lowest BCUT2D eigenvalue weighted by molar-refractivity contribution is -0.122. The van der Waals surface area contributed by atoms with Crippen LogP contribution in [0.3, 0.4) is 0 Å². The minimum absolute atomic E-state index is 0.0358. The zero-order chi connectivity index (χ0) is 16.3. The Balaban J connectivity index is 2.37. The first-order chi connectivity index (χ1) is 10.5. The molecule has 6 nitrogen and oxygen atoms in total. The van der Waals surface area contributed by atoms with Gasteiger partial charge in [0.25, 0.3) is 0 Å². The largest absolute Gasteiger partial charge is 0.497 e. The Morgan fingerprint density at radius 2 is 2.18 bits per heavy atom. The quantitative estimate of drug-likeness (QED) is 0.855. The summed E-state index contributed by atoms with van der Waals surface area (Å²) in [4.78, 5) is 16.7. The Morgan fingerprint density at radius 3 is 2.77 bits per heavy atom. The molecule has 0 aliphatic carbocycles. The monoisotopic (exact) mass is 304 g/mol. The molecule has 0 spiro atoms. The summed E-state index contributed by atoms with van der Waals surface area (Å²) in [5.74, 6) is 1.39. The number of imidazole rings is 1. The van der Waals surface area contributed by atoms with E-state index in [1.807, 2.05) is 43.5 Å². The van der Waals surface area contributed by atoms with Gasteiger partial charge in [0.1, 0.15) is 18.1 Å². The molecule has 1 heterocycles. The SMILES string of the molecule is CCC(C)NC(=O)Cn1c(C(C)N)nc2cc(OC)ccc21. The molecule has 0 fully saturated rings. The molecule has 0 aliphatic rings. The second-order valence-corrected chi connectivity index (χ2v) is 5.58. The summed E-state index contributed by atoms with van der Waals surface area (Å²) in [6.45, 7) is 6.10. The summed E-state index contributed by atoms with van der Waals surface area (Å²) in [7, 11) is 1.62. The molecular formula is C16H24N4O2. The molecule has 2 unspecified atom stereocenters. The third-order valence-corrected chi connectivity index (χ3v) is 3.71. The van der Waals surface area contributed by atoms with Crippen molar-refractivity contribution in [2.45, 2.75) is 45.8 Å². The molecule has 0 aliphatic heterocycles. The Kier molecular flexibility index (Phi) is 5.03. The zero-order valence-electron chi connectivity index (χ0n) is 13.6.